The number of hydrogen-bond donors (Lipinski definition) is 4. The molecule has 0 radical (unpaired) electrons. The molecule has 4 N–H and O–H groups in total. The molecule has 1 unspecified atom stereocenters. The highest BCUT2D eigenvalue weighted by molar-refractivity contribution is 5.84. The molecule has 0 amide bonds. The zero-order valence-electron chi connectivity index (χ0n) is 15.2. The number of imidazole rings is 1. The molecular formula is C18H24N6O2. The van der Waals surface area contributed by atoms with Crippen molar-refractivity contribution in [3.63, 3.8) is 0 Å². The molecule has 1 atom stereocenters. The number of fused-ring (bicyclic) bond motifs is 1. The topological polar surface area (TPSA) is 108 Å². The fourth-order valence-corrected chi connectivity index (χ4v) is 2.69. The number of aromatic nitrogens is 4. The van der Waals surface area contributed by atoms with Crippen LogP contribution < -0.4 is 10.6 Å². The van der Waals surface area contributed by atoms with Gasteiger partial charge in [0.2, 0.25) is 5.95 Å². The maximum atomic E-state index is 10.0. The van der Waals surface area contributed by atoms with Crippen LogP contribution in [0.3, 0.4) is 0 Å². The maximum Gasteiger partial charge on any atom is 0.227 e. The predicted octanol–water partition coefficient (Wildman–Crippen LogP) is 2.17. The Hall–Kier alpha value is -2.87. The number of hydrogen-bond acceptors (Lipinski definition) is 7. The number of nitrogens with one attached hydrogen (secondary N) is 2. The highest BCUT2D eigenvalue weighted by Crippen LogP contribution is 2.24. The maximum absolute atomic E-state index is 10.0. The lowest BCUT2D eigenvalue weighted by Crippen LogP contribution is -2.24. The molecule has 0 spiro atoms. The molecule has 1 aromatic carbocycles. The summed E-state index contributed by atoms with van der Waals surface area (Å²) in [4.78, 5) is 13.4. The van der Waals surface area contributed by atoms with Crippen LogP contribution in [-0.2, 0) is 13.6 Å². The molecule has 138 valence electrons. The number of benzene rings is 1. The zero-order valence-corrected chi connectivity index (χ0v) is 15.2. The van der Waals surface area contributed by atoms with E-state index in [0.717, 1.165) is 17.5 Å². The van der Waals surface area contributed by atoms with Crippen molar-refractivity contribution in [3.05, 3.63) is 35.7 Å². The summed E-state index contributed by atoms with van der Waals surface area (Å²) in [5.41, 5.74) is 3.19. The van der Waals surface area contributed by atoms with Crippen LogP contribution in [0.25, 0.3) is 11.2 Å². The van der Waals surface area contributed by atoms with Gasteiger partial charge in [-0.15, -0.1) is 0 Å². The molecule has 0 aliphatic heterocycles. The van der Waals surface area contributed by atoms with E-state index in [2.05, 4.69) is 25.6 Å². The summed E-state index contributed by atoms with van der Waals surface area (Å²) in [7, 11) is 1.87. The molecule has 0 saturated heterocycles. The Morgan fingerprint density at radius 1 is 1.27 bits per heavy atom. The van der Waals surface area contributed by atoms with Crippen molar-refractivity contribution in [3.8, 4) is 5.75 Å². The second kappa shape index (κ2) is 7.57. The van der Waals surface area contributed by atoms with Gasteiger partial charge in [-0.1, -0.05) is 24.6 Å². The Kier molecular flexibility index (Phi) is 5.22. The van der Waals surface area contributed by atoms with E-state index in [-0.39, 0.29) is 18.4 Å². The number of aliphatic hydroxyl groups excluding tert-OH is 1. The van der Waals surface area contributed by atoms with E-state index in [4.69, 9.17) is 0 Å². The molecule has 2 aromatic heterocycles. The van der Waals surface area contributed by atoms with Crippen LogP contribution in [0, 0.1) is 6.92 Å². The Morgan fingerprint density at radius 3 is 2.81 bits per heavy atom. The van der Waals surface area contributed by atoms with Crippen LogP contribution in [-0.4, -0.2) is 42.4 Å². The molecule has 26 heavy (non-hydrogen) atoms. The summed E-state index contributed by atoms with van der Waals surface area (Å²) in [6.45, 7) is 4.37. The summed E-state index contributed by atoms with van der Waals surface area (Å²) in [5.74, 6) is 1.24. The Bertz CT molecular complexity index is 904. The first kappa shape index (κ1) is 17.9. The first-order valence-electron chi connectivity index (χ1n) is 8.60. The van der Waals surface area contributed by atoms with E-state index in [0.29, 0.717) is 29.5 Å². The summed E-state index contributed by atoms with van der Waals surface area (Å²) in [6.07, 6.45) is 2.44. The Labute approximate surface area is 151 Å². The number of aryl methyl sites for hydroxylation is 2. The molecule has 8 nitrogen and oxygen atoms in total. The molecule has 0 aliphatic carbocycles. The first-order valence-corrected chi connectivity index (χ1v) is 8.60. The number of aliphatic hydroxyl groups is 1. The lowest BCUT2D eigenvalue weighted by molar-refractivity contribution is 0.271. The average Bonchev–Trinajstić information content (AvgIpc) is 3.01. The molecule has 0 saturated carbocycles. The van der Waals surface area contributed by atoms with E-state index in [1.165, 1.54) is 0 Å². The fourth-order valence-electron chi connectivity index (χ4n) is 2.69. The molecule has 2 heterocycles. The van der Waals surface area contributed by atoms with Gasteiger partial charge in [0, 0.05) is 19.2 Å². The van der Waals surface area contributed by atoms with Gasteiger partial charge in [-0.25, -0.2) is 4.98 Å². The molecule has 3 rings (SSSR count). The second-order valence-corrected chi connectivity index (χ2v) is 6.34. The third-order valence-corrected chi connectivity index (χ3v) is 4.29. The van der Waals surface area contributed by atoms with Gasteiger partial charge in [-0.05, 0) is 19.4 Å². The van der Waals surface area contributed by atoms with Gasteiger partial charge in [0.15, 0.2) is 17.0 Å². The van der Waals surface area contributed by atoms with E-state index in [1.54, 1.807) is 12.4 Å². The number of phenolic OH excluding ortho intramolecular Hbond substituents is 1. The Balaban J connectivity index is 1.92. The Morgan fingerprint density at radius 2 is 2.08 bits per heavy atom. The van der Waals surface area contributed by atoms with Crippen molar-refractivity contribution in [1.82, 2.24) is 19.5 Å². The van der Waals surface area contributed by atoms with E-state index >= 15 is 0 Å². The monoisotopic (exact) mass is 356 g/mol. The minimum absolute atomic E-state index is 0.00319. The molecule has 0 bridgehead atoms. The first-order chi connectivity index (χ1) is 12.5. The normalized spacial score (nSPS) is 12.3. The van der Waals surface area contributed by atoms with Crippen molar-refractivity contribution in [2.75, 3.05) is 17.2 Å². The van der Waals surface area contributed by atoms with Gasteiger partial charge in [0.05, 0.1) is 19.0 Å². The number of aromatic hydroxyl groups is 1. The van der Waals surface area contributed by atoms with E-state index in [1.807, 2.05) is 37.6 Å². The third kappa shape index (κ3) is 3.70. The quantitative estimate of drug-likeness (QED) is 0.514. The zero-order chi connectivity index (χ0) is 18.7. The minimum atomic E-state index is -0.116. The van der Waals surface area contributed by atoms with Crippen molar-refractivity contribution < 1.29 is 10.2 Å². The van der Waals surface area contributed by atoms with Gasteiger partial charge in [0.25, 0.3) is 0 Å². The SMILES string of the molecule is CCC(CO)Nc1nc(NCc2cc(C)ccc2O)c2ncn(C)c2n1. The van der Waals surface area contributed by atoms with Gasteiger partial charge in [0.1, 0.15) is 5.75 Å². The molecule has 0 fully saturated rings. The van der Waals surface area contributed by atoms with Crippen molar-refractivity contribution >= 4 is 22.9 Å². The largest absolute Gasteiger partial charge is 0.508 e. The lowest BCUT2D eigenvalue weighted by atomic mass is 10.1. The summed E-state index contributed by atoms with van der Waals surface area (Å²) in [5, 5.41) is 25.8. The lowest BCUT2D eigenvalue weighted by Gasteiger charge is -2.15. The van der Waals surface area contributed by atoms with E-state index < -0.39 is 0 Å². The van der Waals surface area contributed by atoms with Crippen molar-refractivity contribution in [1.29, 1.82) is 0 Å². The fraction of sp³-hybridized carbons (Fsp3) is 0.389. The molecule has 0 aliphatic rings. The van der Waals surface area contributed by atoms with Crippen molar-refractivity contribution in [2.24, 2.45) is 7.05 Å². The second-order valence-electron chi connectivity index (χ2n) is 6.34. The van der Waals surface area contributed by atoms with Gasteiger partial charge in [-0.3, -0.25) is 0 Å². The highest BCUT2D eigenvalue weighted by Gasteiger charge is 2.14. The number of anilines is 2. The van der Waals surface area contributed by atoms with E-state index in [9.17, 15) is 10.2 Å². The highest BCUT2D eigenvalue weighted by atomic mass is 16.3. The van der Waals surface area contributed by atoms with Crippen LogP contribution in [0.2, 0.25) is 0 Å². The van der Waals surface area contributed by atoms with Crippen LogP contribution in [0.5, 0.6) is 5.75 Å². The standard InChI is InChI=1S/C18H24N6O2/c1-4-13(9-25)21-18-22-16(15-17(23-18)24(3)10-20-15)19-8-12-7-11(2)5-6-14(12)26/h5-7,10,13,25-26H,4,8-9H2,1-3H3,(H2,19,21,22,23). The number of rotatable bonds is 7. The van der Waals surface area contributed by atoms with Crippen LogP contribution >= 0.6 is 0 Å². The molecule has 8 heteroatoms. The third-order valence-electron chi connectivity index (χ3n) is 4.29. The smallest absolute Gasteiger partial charge is 0.227 e. The van der Waals surface area contributed by atoms with Gasteiger partial charge in [-0.2, -0.15) is 9.97 Å². The van der Waals surface area contributed by atoms with Gasteiger partial charge >= 0.3 is 0 Å². The molecular weight excluding hydrogens is 332 g/mol. The summed E-state index contributed by atoms with van der Waals surface area (Å²) in [6, 6.07) is 5.36. The minimum Gasteiger partial charge on any atom is -0.508 e. The van der Waals surface area contributed by atoms with Gasteiger partial charge < -0.3 is 25.4 Å². The average molecular weight is 356 g/mol. The number of nitrogens with zero attached hydrogens (tertiary/aromatic N) is 4. The summed E-state index contributed by atoms with van der Waals surface area (Å²) < 4.78 is 1.82. The predicted molar refractivity (Wildman–Crippen MR) is 101 cm³/mol. The molecule has 3 aromatic rings. The van der Waals surface area contributed by atoms with Crippen LogP contribution in [0.1, 0.15) is 24.5 Å². The van der Waals surface area contributed by atoms with Crippen LogP contribution in [0.4, 0.5) is 11.8 Å². The number of phenols is 1. The summed E-state index contributed by atoms with van der Waals surface area (Å²) >= 11 is 0. The van der Waals surface area contributed by atoms with Crippen LogP contribution in [0.15, 0.2) is 24.5 Å². The van der Waals surface area contributed by atoms with Crippen molar-refractivity contribution in [2.45, 2.75) is 32.9 Å².